The predicted molar refractivity (Wildman–Crippen MR) is 100 cm³/mol. The van der Waals surface area contributed by atoms with Crippen LogP contribution >= 0.6 is 0 Å². The summed E-state index contributed by atoms with van der Waals surface area (Å²) in [5.74, 6) is -0.0755. The lowest BCUT2D eigenvalue weighted by Crippen LogP contribution is -2.36. The summed E-state index contributed by atoms with van der Waals surface area (Å²) in [5.41, 5.74) is 4.03. The van der Waals surface area contributed by atoms with Gasteiger partial charge in [0.1, 0.15) is 0 Å². The Morgan fingerprint density at radius 2 is 1.88 bits per heavy atom. The maximum Gasteiger partial charge on any atom is 0.251 e. The van der Waals surface area contributed by atoms with Crippen molar-refractivity contribution in [1.82, 2.24) is 20.1 Å². The highest BCUT2D eigenvalue weighted by molar-refractivity contribution is 5.94. The Morgan fingerprint density at radius 1 is 1.15 bits per heavy atom. The highest BCUT2D eigenvalue weighted by Gasteiger charge is 2.36. The number of nitrogens with zero attached hydrogens (tertiary/aromatic N) is 3. The van der Waals surface area contributed by atoms with Gasteiger partial charge in [0.2, 0.25) is 0 Å². The van der Waals surface area contributed by atoms with Crippen molar-refractivity contribution in [3.8, 4) is 5.69 Å². The number of carbonyl (C=O) groups excluding carboxylic acids is 1. The van der Waals surface area contributed by atoms with Crippen LogP contribution in [0.5, 0.6) is 0 Å². The summed E-state index contributed by atoms with van der Waals surface area (Å²) >= 11 is 0. The van der Waals surface area contributed by atoms with Crippen molar-refractivity contribution < 1.29 is 4.79 Å². The summed E-state index contributed by atoms with van der Waals surface area (Å²) in [5, 5.41) is 7.81. The molecule has 0 aliphatic heterocycles. The lowest BCUT2D eigenvalue weighted by molar-refractivity contribution is 0.0919. The number of para-hydroxylation sites is 1. The van der Waals surface area contributed by atoms with Crippen LogP contribution in [0, 0.1) is 5.41 Å². The molecule has 0 spiro atoms. The topological polar surface area (TPSA) is 59.8 Å². The fourth-order valence-corrected chi connectivity index (χ4v) is 3.71. The number of fused-ring (bicyclic) bond motifs is 1. The molecule has 0 bridgehead atoms. The van der Waals surface area contributed by atoms with Crippen LogP contribution < -0.4 is 5.32 Å². The second-order valence-corrected chi connectivity index (χ2v) is 7.60. The van der Waals surface area contributed by atoms with Gasteiger partial charge in [0.25, 0.3) is 5.91 Å². The Balaban J connectivity index is 1.68. The average Bonchev–Trinajstić information content (AvgIpc) is 3.05. The van der Waals surface area contributed by atoms with Crippen molar-refractivity contribution in [2.75, 3.05) is 0 Å². The normalized spacial score (nSPS) is 18.2. The van der Waals surface area contributed by atoms with Gasteiger partial charge in [-0.05, 0) is 42.5 Å². The number of hydrogen-bond acceptors (Lipinski definition) is 3. The van der Waals surface area contributed by atoms with Crippen LogP contribution in [0.25, 0.3) is 5.69 Å². The van der Waals surface area contributed by atoms with E-state index in [1.54, 1.807) is 24.5 Å². The second-order valence-electron chi connectivity index (χ2n) is 7.60. The molecule has 132 valence electrons. The van der Waals surface area contributed by atoms with Crippen LogP contribution in [0.15, 0.2) is 61.1 Å². The van der Waals surface area contributed by atoms with Crippen molar-refractivity contribution >= 4 is 5.91 Å². The van der Waals surface area contributed by atoms with E-state index in [0.717, 1.165) is 24.1 Å². The maximum atomic E-state index is 12.6. The molecule has 2 heterocycles. The van der Waals surface area contributed by atoms with E-state index in [-0.39, 0.29) is 17.4 Å². The van der Waals surface area contributed by atoms with Crippen LogP contribution in [0.4, 0.5) is 0 Å². The molecule has 3 aromatic rings. The first-order valence-electron chi connectivity index (χ1n) is 8.87. The van der Waals surface area contributed by atoms with Crippen LogP contribution in [0.3, 0.4) is 0 Å². The van der Waals surface area contributed by atoms with E-state index in [2.05, 4.69) is 41.4 Å². The molecule has 2 aromatic heterocycles. The van der Waals surface area contributed by atoms with Crippen molar-refractivity contribution in [3.63, 3.8) is 0 Å². The summed E-state index contributed by atoms with van der Waals surface area (Å²) < 4.78 is 2.00. The standard InChI is InChI=1S/C21H22N4O/c1-21(2)12-18(24-20(26)15-8-10-22-11-9-15)17-14-23-25(19(17)13-21)16-6-4-3-5-7-16/h3-11,14,18H,12-13H2,1-2H3,(H,24,26). The third-order valence-electron chi connectivity index (χ3n) is 4.93. The lowest BCUT2D eigenvalue weighted by atomic mass is 9.74. The molecule has 5 nitrogen and oxygen atoms in total. The zero-order valence-electron chi connectivity index (χ0n) is 15.0. The smallest absolute Gasteiger partial charge is 0.251 e. The second kappa shape index (κ2) is 6.41. The van der Waals surface area contributed by atoms with Gasteiger partial charge >= 0.3 is 0 Å². The van der Waals surface area contributed by atoms with Crippen molar-refractivity contribution in [2.45, 2.75) is 32.7 Å². The molecule has 26 heavy (non-hydrogen) atoms. The number of amides is 1. The molecule has 0 fully saturated rings. The molecule has 1 aromatic carbocycles. The fourth-order valence-electron chi connectivity index (χ4n) is 3.71. The third-order valence-corrected chi connectivity index (χ3v) is 4.93. The first-order valence-corrected chi connectivity index (χ1v) is 8.87. The van der Waals surface area contributed by atoms with Gasteiger partial charge < -0.3 is 5.32 Å². The molecule has 0 radical (unpaired) electrons. The monoisotopic (exact) mass is 346 g/mol. The minimum absolute atomic E-state index is 0.0492. The molecule has 5 heteroatoms. The van der Waals surface area contributed by atoms with Gasteiger partial charge in [-0.1, -0.05) is 32.0 Å². The minimum Gasteiger partial charge on any atom is -0.345 e. The lowest BCUT2D eigenvalue weighted by Gasteiger charge is -2.36. The molecular formula is C21H22N4O. The molecule has 0 saturated heterocycles. The summed E-state index contributed by atoms with van der Waals surface area (Å²) in [6.45, 7) is 4.48. The highest BCUT2D eigenvalue weighted by Crippen LogP contribution is 2.41. The SMILES string of the molecule is CC1(C)Cc2c(cnn2-c2ccccc2)C(NC(=O)c2ccncc2)C1. The number of carbonyl (C=O) groups is 1. The van der Waals surface area contributed by atoms with E-state index in [1.165, 1.54) is 5.69 Å². The van der Waals surface area contributed by atoms with Gasteiger partial charge in [-0.25, -0.2) is 4.68 Å². The van der Waals surface area contributed by atoms with Gasteiger partial charge in [-0.15, -0.1) is 0 Å². The quantitative estimate of drug-likeness (QED) is 0.786. The molecule has 1 N–H and O–H groups in total. The number of rotatable bonds is 3. The summed E-state index contributed by atoms with van der Waals surface area (Å²) in [6, 6.07) is 13.6. The van der Waals surface area contributed by atoms with Crippen LogP contribution in [-0.2, 0) is 6.42 Å². The van der Waals surface area contributed by atoms with Gasteiger partial charge in [-0.2, -0.15) is 5.10 Å². The minimum atomic E-state index is -0.0755. The number of aromatic nitrogens is 3. The molecule has 1 aliphatic rings. The van der Waals surface area contributed by atoms with E-state index in [9.17, 15) is 4.79 Å². The molecular weight excluding hydrogens is 324 g/mol. The summed E-state index contributed by atoms with van der Waals surface area (Å²) in [6.07, 6.45) is 6.99. The van der Waals surface area contributed by atoms with Crippen LogP contribution in [0.2, 0.25) is 0 Å². The molecule has 4 rings (SSSR count). The van der Waals surface area contributed by atoms with E-state index in [0.29, 0.717) is 5.56 Å². The van der Waals surface area contributed by atoms with Crippen molar-refractivity contribution in [1.29, 1.82) is 0 Å². The fraction of sp³-hybridized carbons (Fsp3) is 0.286. The molecule has 1 amide bonds. The number of hydrogen-bond donors (Lipinski definition) is 1. The molecule has 1 unspecified atom stereocenters. The Labute approximate surface area is 153 Å². The van der Waals surface area contributed by atoms with Crippen LogP contribution in [0.1, 0.15) is 47.9 Å². The molecule has 1 atom stereocenters. The molecule has 1 aliphatic carbocycles. The zero-order chi connectivity index (χ0) is 18.1. The predicted octanol–water partition coefficient (Wildman–Crippen LogP) is 3.71. The van der Waals surface area contributed by atoms with Gasteiger partial charge in [0.05, 0.1) is 23.6 Å². The van der Waals surface area contributed by atoms with Gasteiger partial charge in [0, 0.05) is 23.5 Å². The van der Waals surface area contributed by atoms with Gasteiger partial charge in [-0.3, -0.25) is 9.78 Å². The van der Waals surface area contributed by atoms with E-state index < -0.39 is 0 Å². The maximum absolute atomic E-state index is 12.6. The Hall–Kier alpha value is -2.95. The Bertz CT molecular complexity index is 916. The first kappa shape index (κ1) is 16.5. The van der Waals surface area contributed by atoms with E-state index >= 15 is 0 Å². The Morgan fingerprint density at radius 3 is 2.62 bits per heavy atom. The number of pyridine rings is 1. The Kier molecular flexibility index (Phi) is 4.07. The van der Waals surface area contributed by atoms with Gasteiger partial charge in [0.15, 0.2) is 0 Å². The largest absolute Gasteiger partial charge is 0.345 e. The average molecular weight is 346 g/mol. The number of benzene rings is 1. The van der Waals surface area contributed by atoms with Crippen molar-refractivity contribution in [3.05, 3.63) is 77.9 Å². The highest BCUT2D eigenvalue weighted by atomic mass is 16.1. The zero-order valence-corrected chi connectivity index (χ0v) is 15.0. The first-order chi connectivity index (χ1) is 12.5. The third kappa shape index (κ3) is 3.12. The number of nitrogens with one attached hydrogen (secondary N) is 1. The summed E-state index contributed by atoms with van der Waals surface area (Å²) in [7, 11) is 0. The molecule has 0 saturated carbocycles. The van der Waals surface area contributed by atoms with E-state index in [4.69, 9.17) is 0 Å². The van der Waals surface area contributed by atoms with Crippen molar-refractivity contribution in [2.24, 2.45) is 5.41 Å². The van der Waals surface area contributed by atoms with E-state index in [1.807, 2.05) is 29.1 Å². The summed E-state index contributed by atoms with van der Waals surface area (Å²) in [4.78, 5) is 16.6. The van der Waals surface area contributed by atoms with Crippen LogP contribution in [-0.4, -0.2) is 20.7 Å².